The van der Waals surface area contributed by atoms with Crippen LogP contribution in [0.25, 0.3) is 0 Å². The van der Waals surface area contributed by atoms with Gasteiger partial charge in [-0.15, -0.1) is 0 Å². The van der Waals surface area contributed by atoms with E-state index in [2.05, 4.69) is 11.1 Å². The first-order valence-electron chi connectivity index (χ1n) is 3.34. The zero-order valence-electron chi connectivity index (χ0n) is 6.60. The first kappa shape index (κ1) is 7.55. The number of aromatic nitrogens is 1. The van der Waals surface area contributed by atoms with Gasteiger partial charge in [0.2, 0.25) is 0 Å². The summed E-state index contributed by atoms with van der Waals surface area (Å²) < 4.78 is 0. The highest BCUT2D eigenvalue weighted by molar-refractivity contribution is 5.41. The lowest BCUT2D eigenvalue weighted by Crippen LogP contribution is -2.16. The van der Waals surface area contributed by atoms with Crippen molar-refractivity contribution in [3.8, 4) is 6.07 Å². The van der Waals surface area contributed by atoms with Crippen LogP contribution >= 0.6 is 0 Å². The molecular weight excluding hydrogens is 138 g/mol. The summed E-state index contributed by atoms with van der Waals surface area (Å²) in [4.78, 5) is 2.89. The van der Waals surface area contributed by atoms with E-state index in [0.717, 1.165) is 11.3 Å². The lowest BCUT2D eigenvalue weighted by Gasteiger charge is -1.97. The Hall–Kier alpha value is -1.56. The Morgan fingerprint density at radius 3 is 2.64 bits per heavy atom. The van der Waals surface area contributed by atoms with E-state index in [9.17, 15) is 0 Å². The fraction of sp³-hybridized carbons (Fsp3) is 0.250. The number of nitrogens with two attached hydrogens (primary N) is 1. The average molecular weight is 148 g/mol. The summed E-state index contributed by atoms with van der Waals surface area (Å²) in [5, 5.41) is 8.68. The smallest absolute Gasteiger partial charge is 0.270 e. The van der Waals surface area contributed by atoms with Gasteiger partial charge in [0, 0.05) is 6.07 Å². The summed E-state index contributed by atoms with van der Waals surface area (Å²) in [6, 6.07) is 3.86. The summed E-state index contributed by atoms with van der Waals surface area (Å²) >= 11 is 0. The maximum absolute atomic E-state index is 8.68. The quantitative estimate of drug-likeness (QED) is 0.584. The molecule has 0 aliphatic heterocycles. The van der Waals surface area contributed by atoms with Gasteiger partial charge in [0.25, 0.3) is 5.82 Å². The lowest BCUT2D eigenvalue weighted by molar-refractivity contribution is -0.370. The van der Waals surface area contributed by atoms with Crippen molar-refractivity contribution < 1.29 is 4.98 Å². The van der Waals surface area contributed by atoms with Gasteiger partial charge in [0.1, 0.15) is 11.8 Å². The number of nitriles is 1. The fourth-order valence-electron chi connectivity index (χ4n) is 1.09. The summed E-state index contributed by atoms with van der Waals surface area (Å²) in [6.45, 7) is 3.71. The van der Waals surface area contributed by atoms with Crippen molar-refractivity contribution in [2.24, 2.45) is 0 Å². The molecule has 0 saturated carbocycles. The Morgan fingerprint density at radius 2 is 2.18 bits per heavy atom. The molecule has 11 heavy (non-hydrogen) atoms. The largest absolute Gasteiger partial charge is 0.287 e. The van der Waals surface area contributed by atoms with Crippen LogP contribution in [0.2, 0.25) is 0 Å². The van der Waals surface area contributed by atoms with E-state index in [0.29, 0.717) is 11.4 Å². The molecule has 0 aliphatic carbocycles. The van der Waals surface area contributed by atoms with Crippen LogP contribution in [0, 0.1) is 25.2 Å². The molecule has 1 aromatic rings. The number of nitrogen functional groups attached to an aromatic ring is 1. The Bertz CT molecular complexity index is 300. The number of nitrogens with one attached hydrogen (secondary N) is 1. The Kier molecular flexibility index (Phi) is 1.77. The predicted octanol–water partition coefficient (Wildman–Crippen LogP) is 0.571. The second-order valence-corrected chi connectivity index (χ2v) is 2.52. The molecule has 0 spiro atoms. The third-order valence-corrected chi connectivity index (χ3v) is 1.58. The highest BCUT2D eigenvalue weighted by Crippen LogP contribution is 2.08. The predicted molar refractivity (Wildman–Crippen MR) is 41.6 cm³/mol. The third kappa shape index (κ3) is 1.30. The SMILES string of the molecule is Cc1cc(N)[nH+]c(C)c1C#N. The number of hydrogen-bond acceptors (Lipinski definition) is 2. The van der Waals surface area contributed by atoms with Gasteiger partial charge in [-0.05, 0) is 19.4 Å². The number of aryl methyl sites for hydroxylation is 2. The normalized spacial score (nSPS) is 9.18. The fourth-order valence-corrected chi connectivity index (χ4v) is 1.09. The molecule has 0 amide bonds. The van der Waals surface area contributed by atoms with Crippen molar-refractivity contribution >= 4 is 5.82 Å². The van der Waals surface area contributed by atoms with Crippen LogP contribution in [0.4, 0.5) is 5.82 Å². The second-order valence-electron chi connectivity index (χ2n) is 2.52. The number of pyridine rings is 1. The Morgan fingerprint density at radius 1 is 1.55 bits per heavy atom. The molecule has 0 unspecified atom stereocenters. The van der Waals surface area contributed by atoms with Gasteiger partial charge in [-0.3, -0.25) is 5.73 Å². The summed E-state index contributed by atoms with van der Waals surface area (Å²) in [5.41, 5.74) is 7.94. The van der Waals surface area contributed by atoms with Crippen LogP contribution in [-0.2, 0) is 0 Å². The van der Waals surface area contributed by atoms with E-state index < -0.39 is 0 Å². The van der Waals surface area contributed by atoms with Crippen molar-refractivity contribution in [3.63, 3.8) is 0 Å². The molecule has 0 aliphatic rings. The molecule has 3 heteroatoms. The van der Waals surface area contributed by atoms with Gasteiger partial charge < -0.3 is 0 Å². The summed E-state index contributed by atoms with van der Waals surface area (Å²) in [5.74, 6) is 0.596. The Balaban J connectivity index is 3.40. The van der Waals surface area contributed by atoms with Crippen LogP contribution in [0.3, 0.4) is 0 Å². The highest BCUT2D eigenvalue weighted by Gasteiger charge is 2.06. The number of H-pyrrole nitrogens is 1. The number of hydrogen-bond donors (Lipinski definition) is 1. The topological polar surface area (TPSA) is 63.9 Å². The van der Waals surface area contributed by atoms with Gasteiger partial charge >= 0.3 is 0 Å². The first-order chi connectivity index (χ1) is 5.15. The van der Waals surface area contributed by atoms with E-state index in [-0.39, 0.29) is 0 Å². The molecule has 0 saturated heterocycles. The maximum Gasteiger partial charge on any atom is 0.270 e. The van der Waals surface area contributed by atoms with Crippen LogP contribution in [0.15, 0.2) is 6.07 Å². The lowest BCUT2D eigenvalue weighted by atomic mass is 10.1. The minimum atomic E-state index is 0.596. The van der Waals surface area contributed by atoms with E-state index in [1.165, 1.54) is 0 Å². The summed E-state index contributed by atoms with van der Waals surface area (Å²) in [7, 11) is 0. The van der Waals surface area contributed by atoms with Crippen LogP contribution in [0.1, 0.15) is 16.8 Å². The van der Waals surface area contributed by atoms with E-state index in [4.69, 9.17) is 11.0 Å². The van der Waals surface area contributed by atoms with Crippen molar-refractivity contribution in [2.45, 2.75) is 13.8 Å². The average Bonchev–Trinajstić information content (AvgIpc) is 1.85. The molecule has 56 valence electrons. The van der Waals surface area contributed by atoms with Crippen molar-refractivity contribution in [2.75, 3.05) is 5.73 Å². The molecule has 1 rings (SSSR count). The van der Waals surface area contributed by atoms with Gasteiger partial charge in [0.15, 0.2) is 0 Å². The molecule has 0 bridgehead atoms. The highest BCUT2D eigenvalue weighted by atomic mass is 14.8. The van der Waals surface area contributed by atoms with Gasteiger partial charge in [-0.2, -0.15) is 5.26 Å². The molecule has 0 aromatic carbocycles. The number of rotatable bonds is 0. The van der Waals surface area contributed by atoms with E-state index in [1.54, 1.807) is 6.07 Å². The molecule has 1 heterocycles. The van der Waals surface area contributed by atoms with Crippen molar-refractivity contribution in [1.82, 2.24) is 0 Å². The molecule has 3 N–H and O–H groups in total. The molecule has 0 fully saturated rings. The summed E-state index contributed by atoms with van der Waals surface area (Å²) in [6.07, 6.45) is 0. The zero-order chi connectivity index (χ0) is 8.43. The van der Waals surface area contributed by atoms with Gasteiger partial charge in [0.05, 0.1) is 5.56 Å². The van der Waals surface area contributed by atoms with Gasteiger partial charge in [-0.25, -0.2) is 4.98 Å². The van der Waals surface area contributed by atoms with Crippen molar-refractivity contribution in [3.05, 3.63) is 22.9 Å². The minimum Gasteiger partial charge on any atom is -0.287 e. The minimum absolute atomic E-state index is 0.596. The monoisotopic (exact) mass is 148 g/mol. The molecule has 1 aromatic heterocycles. The van der Waals surface area contributed by atoms with E-state index in [1.807, 2.05) is 13.8 Å². The standard InChI is InChI=1S/C8H9N3/c1-5-3-8(10)11-6(2)7(5)4-9/h3H,1-2H3,(H2,10,11)/p+1. The third-order valence-electron chi connectivity index (χ3n) is 1.58. The molecule has 0 atom stereocenters. The Labute approximate surface area is 65.5 Å². The van der Waals surface area contributed by atoms with Gasteiger partial charge in [-0.1, -0.05) is 0 Å². The number of aromatic amines is 1. The molecule has 3 nitrogen and oxygen atoms in total. The van der Waals surface area contributed by atoms with Crippen LogP contribution in [0.5, 0.6) is 0 Å². The first-order valence-corrected chi connectivity index (χ1v) is 3.34. The molecular formula is C8H10N3+. The second kappa shape index (κ2) is 2.59. The van der Waals surface area contributed by atoms with Crippen LogP contribution in [-0.4, -0.2) is 0 Å². The number of nitrogens with zero attached hydrogens (tertiary/aromatic N) is 1. The number of anilines is 1. The van der Waals surface area contributed by atoms with Crippen LogP contribution < -0.4 is 10.7 Å². The maximum atomic E-state index is 8.68. The molecule has 0 radical (unpaired) electrons. The zero-order valence-corrected chi connectivity index (χ0v) is 6.60. The van der Waals surface area contributed by atoms with E-state index >= 15 is 0 Å². The van der Waals surface area contributed by atoms with Crippen molar-refractivity contribution in [1.29, 1.82) is 5.26 Å².